The molecule has 0 amide bonds. The van der Waals surface area contributed by atoms with Crippen molar-refractivity contribution in [3.8, 4) is 0 Å². The van der Waals surface area contributed by atoms with Crippen LogP contribution in [0.15, 0.2) is 0 Å². The molecule has 0 aromatic rings. The Labute approximate surface area is 240 Å². The van der Waals surface area contributed by atoms with Crippen molar-refractivity contribution in [3.05, 3.63) is 19.6 Å². The van der Waals surface area contributed by atoms with Crippen LogP contribution in [0.1, 0.15) is 0 Å². The Bertz CT molecular complexity index is 422. The van der Waals surface area contributed by atoms with E-state index in [4.69, 9.17) is 28.8 Å². The Hall–Kier alpha value is 4.33. The number of hydrogen-bond acceptors (Lipinski definition) is 7. The van der Waals surface area contributed by atoms with Crippen LogP contribution in [0.2, 0.25) is 45.8 Å². The van der Waals surface area contributed by atoms with Gasteiger partial charge in [-0.15, -0.1) is 0 Å². The van der Waals surface area contributed by atoms with Crippen LogP contribution < -0.4 is 0 Å². The van der Waals surface area contributed by atoms with E-state index < -0.39 is 51.9 Å². The fraction of sp³-hybridized carbons (Fsp3) is 0.700. The van der Waals surface area contributed by atoms with E-state index >= 15 is 0 Å². The standard InChI is InChI=1S/C10H27O7Si6.3Y/c1-18(2)11-19(3,4)14-23(10)16-21(7,8)12-20(5,6)15-22(9,13-18)17-23;;;/h1,5,9H2,2-4,6-8,10H3;;;/q-3;;;. The van der Waals surface area contributed by atoms with Gasteiger partial charge in [0.25, 0.3) is 8.80 Å². The summed E-state index contributed by atoms with van der Waals surface area (Å²) in [5.74, 6) is 0. The minimum absolute atomic E-state index is 0. The molecule has 2 heterocycles. The Kier molecular flexibility index (Phi) is 13.1. The summed E-state index contributed by atoms with van der Waals surface area (Å²) in [6.07, 6.45) is 0. The molecule has 0 aromatic carbocycles. The molecule has 0 saturated carbocycles. The third-order valence-corrected chi connectivity index (χ3v) is 25.8. The second-order valence-electron chi connectivity index (χ2n) is 7.33. The van der Waals surface area contributed by atoms with E-state index in [1.807, 2.05) is 45.8 Å². The second kappa shape index (κ2) is 10.5. The van der Waals surface area contributed by atoms with Gasteiger partial charge in [0.1, 0.15) is 0 Å². The van der Waals surface area contributed by atoms with E-state index in [1.54, 1.807) is 0 Å². The fourth-order valence-electron chi connectivity index (χ4n) is 3.08. The molecule has 16 heteroatoms. The van der Waals surface area contributed by atoms with Crippen LogP contribution in [-0.4, -0.2) is 51.9 Å². The van der Waals surface area contributed by atoms with Gasteiger partial charge in [-0.25, -0.2) is 0 Å². The van der Waals surface area contributed by atoms with Crippen molar-refractivity contribution >= 4 is 51.9 Å². The van der Waals surface area contributed by atoms with Crippen LogP contribution in [-0.2, 0) is 127 Å². The van der Waals surface area contributed by atoms with Gasteiger partial charge < -0.3 is 28.8 Å². The first-order valence-corrected chi connectivity index (χ1v) is 22.3. The molecule has 2 aliphatic rings. The molecule has 145 valence electrons. The SMILES string of the molecule is [CH2-][Si]1(C)O[Si](C)(C)O[Si]2(C)O[Si](C)(C)O[Si]([CH2-])(C)O[Si]([CH2-])(O1)O2.[Y].[Y].[Y]. The molecule has 0 spiro atoms. The van der Waals surface area contributed by atoms with Gasteiger partial charge in [0.15, 0.2) is 17.1 Å². The zero-order valence-corrected chi connectivity index (χ0v) is 31.2. The molecule has 2 unspecified atom stereocenters. The van der Waals surface area contributed by atoms with Crippen LogP contribution >= 0.6 is 0 Å². The summed E-state index contributed by atoms with van der Waals surface area (Å²) in [6, 6.07) is 0. The fourth-order valence-corrected chi connectivity index (χ4v) is 31.5. The maximum atomic E-state index is 6.27. The third kappa shape index (κ3) is 9.86. The van der Waals surface area contributed by atoms with Gasteiger partial charge in [0.2, 0.25) is 0 Å². The third-order valence-electron chi connectivity index (χ3n) is 2.87. The van der Waals surface area contributed by atoms with Gasteiger partial charge in [-0.2, -0.15) is 0 Å². The van der Waals surface area contributed by atoms with E-state index in [9.17, 15) is 0 Å². The monoisotopic (exact) mass is 694 g/mol. The summed E-state index contributed by atoms with van der Waals surface area (Å²) in [6.45, 7) is 25.5. The zero-order valence-electron chi connectivity index (χ0n) is 16.7. The average Bonchev–Trinajstić information content (AvgIpc) is 1.99. The average molecular weight is 695 g/mol. The molecule has 0 N–H and O–H groups in total. The summed E-state index contributed by atoms with van der Waals surface area (Å²) in [4.78, 5) is 0. The van der Waals surface area contributed by atoms with Gasteiger partial charge in [-0.1, -0.05) is 0 Å². The molecule has 0 aliphatic carbocycles. The normalized spacial score (nSPS) is 44.5. The summed E-state index contributed by atoms with van der Waals surface area (Å²) in [7, 11) is -17.1. The molecule has 7 nitrogen and oxygen atoms in total. The van der Waals surface area contributed by atoms with Crippen LogP contribution in [0.5, 0.6) is 0 Å². The molecule has 2 rings (SSSR count). The van der Waals surface area contributed by atoms with E-state index in [-0.39, 0.29) is 98.1 Å². The molecule has 2 aliphatic heterocycles. The van der Waals surface area contributed by atoms with Gasteiger partial charge in [-0.05, 0) is 39.3 Å². The number of rotatable bonds is 0. The molecule has 0 aromatic heterocycles. The summed E-state index contributed by atoms with van der Waals surface area (Å²) >= 11 is 0. The quantitative estimate of drug-likeness (QED) is 0.285. The first-order valence-electron chi connectivity index (χ1n) is 7.42. The molecule has 2 atom stereocenters. The minimum Gasteiger partial charge on any atom is -0.438 e. The summed E-state index contributed by atoms with van der Waals surface area (Å²) in [5, 5.41) is 0. The van der Waals surface area contributed by atoms with Crippen molar-refractivity contribution in [1.82, 2.24) is 0 Å². The predicted molar refractivity (Wildman–Crippen MR) is 99.2 cm³/mol. The second-order valence-corrected chi connectivity index (χ2v) is 26.3. The molecule has 2 saturated heterocycles. The van der Waals surface area contributed by atoms with E-state index in [0.717, 1.165) is 0 Å². The van der Waals surface area contributed by atoms with Gasteiger partial charge >= 0.3 is 25.9 Å². The summed E-state index contributed by atoms with van der Waals surface area (Å²) < 4.78 is 43.3. The van der Waals surface area contributed by atoms with Crippen molar-refractivity contribution < 1.29 is 127 Å². The van der Waals surface area contributed by atoms with Crippen molar-refractivity contribution in [2.45, 2.75) is 45.8 Å². The largest absolute Gasteiger partial charge is 0.470 e. The number of fused-ring (bicyclic) bond motifs is 2. The molecular formula is C10H27O7Si6Y3-3. The first kappa shape index (κ1) is 32.5. The smallest absolute Gasteiger partial charge is 0.438 e. The van der Waals surface area contributed by atoms with Crippen LogP contribution in [0, 0.1) is 19.6 Å². The first-order chi connectivity index (χ1) is 9.95. The Morgan fingerprint density at radius 1 is 0.462 bits per heavy atom. The molecule has 3 radical (unpaired) electrons. The van der Waals surface area contributed by atoms with E-state index in [0.29, 0.717) is 0 Å². The van der Waals surface area contributed by atoms with Crippen molar-refractivity contribution in [3.63, 3.8) is 0 Å². The predicted octanol–water partition coefficient (Wildman–Crippen LogP) is 2.30. The molecule has 26 heavy (non-hydrogen) atoms. The molecule has 2 fully saturated rings. The zero-order chi connectivity index (χ0) is 17.9. The van der Waals surface area contributed by atoms with Crippen LogP contribution in [0.4, 0.5) is 0 Å². The number of hydrogen-bond donors (Lipinski definition) is 0. The Morgan fingerprint density at radius 2 is 0.769 bits per heavy atom. The summed E-state index contributed by atoms with van der Waals surface area (Å²) in [5.41, 5.74) is 0. The van der Waals surface area contributed by atoms with Crippen molar-refractivity contribution in [2.75, 3.05) is 0 Å². The van der Waals surface area contributed by atoms with Gasteiger partial charge in [0, 0.05) is 105 Å². The van der Waals surface area contributed by atoms with E-state index in [2.05, 4.69) is 19.6 Å². The van der Waals surface area contributed by atoms with Gasteiger partial charge in [0.05, 0.1) is 0 Å². The van der Waals surface area contributed by atoms with Crippen molar-refractivity contribution in [2.24, 2.45) is 0 Å². The van der Waals surface area contributed by atoms with Crippen molar-refractivity contribution in [1.29, 1.82) is 0 Å². The molecule has 2 bridgehead atoms. The van der Waals surface area contributed by atoms with Crippen LogP contribution in [0.25, 0.3) is 0 Å². The van der Waals surface area contributed by atoms with Gasteiger partial charge in [-0.3, -0.25) is 19.6 Å². The maximum absolute atomic E-state index is 6.27. The minimum atomic E-state index is -3.37. The topological polar surface area (TPSA) is 64.6 Å². The Morgan fingerprint density at radius 3 is 1.08 bits per heavy atom. The van der Waals surface area contributed by atoms with Crippen LogP contribution in [0.3, 0.4) is 0 Å². The maximum Gasteiger partial charge on any atom is 0.470 e. The Balaban J connectivity index is 0. The van der Waals surface area contributed by atoms with E-state index in [1.165, 1.54) is 0 Å². The molecular weight excluding hydrogens is 667 g/mol.